The van der Waals surface area contributed by atoms with E-state index in [-0.39, 0.29) is 6.10 Å². The van der Waals surface area contributed by atoms with Crippen LogP contribution in [0.1, 0.15) is 40.5 Å². The van der Waals surface area contributed by atoms with Crippen LogP contribution in [0.15, 0.2) is 0 Å². The third-order valence-electron chi connectivity index (χ3n) is 5.55. The molecular weight excluding hydrogens is 198 g/mol. The Hall–Kier alpha value is -0.0800. The smallest absolute Gasteiger partial charge is 0.0543 e. The van der Waals surface area contributed by atoms with Gasteiger partial charge in [0.05, 0.1) is 6.10 Å². The summed E-state index contributed by atoms with van der Waals surface area (Å²) in [5.74, 6) is 4.09. The van der Waals surface area contributed by atoms with Gasteiger partial charge >= 0.3 is 0 Å². The third-order valence-corrected chi connectivity index (χ3v) is 5.55. The summed E-state index contributed by atoms with van der Waals surface area (Å²) in [6.07, 6.45) is 2.22. The second-order valence-electron chi connectivity index (χ2n) is 6.26. The van der Waals surface area contributed by atoms with Gasteiger partial charge in [0.15, 0.2) is 0 Å². The molecule has 2 fully saturated rings. The normalized spacial score (nSPS) is 50.6. The highest BCUT2D eigenvalue weighted by Crippen LogP contribution is 2.55. The minimum absolute atomic E-state index is 0.178. The largest absolute Gasteiger partial charge is 0.393 e. The Morgan fingerprint density at radius 2 is 1.81 bits per heavy atom. The lowest BCUT2D eigenvalue weighted by Crippen LogP contribution is -2.52. The fourth-order valence-corrected chi connectivity index (χ4v) is 4.03. The molecule has 16 heavy (non-hydrogen) atoms. The van der Waals surface area contributed by atoms with Crippen LogP contribution in [-0.4, -0.2) is 17.3 Å². The molecule has 0 spiro atoms. The van der Waals surface area contributed by atoms with Gasteiger partial charge in [-0.15, -0.1) is 0 Å². The number of nitrogens with two attached hydrogens (primary N) is 1. The van der Waals surface area contributed by atoms with E-state index in [1.165, 1.54) is 12.8 Å². The maximum atomic E-state index is 9.78. The topological polar surface area (TPSA) is 46.2 Å². The molecule has 0 heterocycles. The summed E-state index contributed by atoms with van der Waals surface area (Å²) in [6.45, 7) is 8.80. The lowest BCUT2D eigenvalue weighted by atomic mass is 9.58. The maximum absolute atomic E-state index is 9.78. The van der Waals surface area contributed by atoms with Crippen molar-refractivity contribution >= 4 is 0 Å². The van der Waals surface area contributed by atoms with Gasteiger partial charge in [0.25, 0.3) is 0 Å². The van der Waals surface area contributed by atoms with Gasteiger partial charge in [0.1, 0.15) is 0 Å². The van der Waals surface area contributed by atoms with Crippen LogP contribution in [0.2, 0.25) is 0 Å². The average Bonchev–Trinajstić information content (AvgIpc) is 2.72. The van der Waals surface area contributed by atoms with E-state index in [0.29, 0.717) is 23.8 Å². The molecule has 0 bridgehead atoms. The molecule has 0 aromatic heterocycles. The molecular formula is C14H27NO. The number of hydrogen-bond acceptors (Lipinski definition) is 2. The SMILES string of the molecule is CCC1CC(C(C)O)C1C(N)C1C(C)C1C. The molecule has 0 amide bonds. The molecule has 2 nitrogen and oxygen atoms in total. The highest BCUT2D eigenvalue weighted by atomic mass is 16.3. The van der Waals surface area contributed by atoms with E-state index in [2.05, 4.69) is 20.8 Å². The Labute approximate surface area is 99.6 Å². The minimum atomic E-state index is -0.178. The molecule has 3 N–H and O–H groups in total. The van der Waals surface area contributed by atoms with Crippen molar-refractivity contribution in [1.29, 1.82) is 0 Å². The van der Waals surface area contributed by atoms with E-state index in [0.717, 1.165) is 17.8 Å². The van der Waals surface area contributed by atoms with Crippen molar-refractivity contribution in [2.24, 2.45) is 41.2 Å². The van der Waals surface area contributed by atoms with Crippen LogP contribution in [0.4, 0.5) is 0 Å². The maximum Gasteiger partial charge on any atom is 0.0543 e. The highest BCUT2D eigenvalue weighted by Gasteiger charge is 2.54. The van der Waals surface area contributed by atoms with Gasteiger partial charge in [-0.25, -0.2) is 0 Å². The first-order chi connectivity index (χ1) is 7.49. The molecule has 7 atom stereocenters. The Morgan fingerprint density at radius 1 is 1.25 bits per heavy atom. The van der Waals surface area contributed by atoms with Crippen LogP contribution >= 0.6 is 0 Å². The number of aliphatic hydroxyl groups is 1. The summed E-state index contributed by atoms with van der Waals surface area (Å²) in [5, 5.41) is 9.78. The van der Waals surface area contributed by atoms with Crippen LogP contribution in [0.3, 0.4) is 0 Å². The van der Waals surface area contributed by atoms with Crippen LogP contribution in [-0.2, 0) is 0 Å². The van der Waals surface area contributed by atoms with Gasteiger partial charge in [-0.1, -0.05) is 27.2 Å². The van der Waals surface area contributed by atoms with E-state index in [1.54, 1.807) is 0 Å². The minimum Gasteiger partial charge on any atom is -0.393 e. The van der Waals surface area contributed by atoms with Gasteiger partial charge in [-0.05, 0) is 48.9 Å². The predicted octanol–water partition coefficient (Wildman–Crippen LogP) is 2.26. The first-order valence-corrected chi connectivity index (χ1v) is 6.92. The summed E-state index contributed by atoms with van der Waals surface area (Å²) in [5.41, 5.74) is 6.45. The zero-order valence-electron chi connectivity index (χ0n) is 11.1. The number of rotatable bonds is 4. The molecule has 2 saturated carbocycles. The summed E-state index contributed by atoms with van der Waals surface area (Å²) in [4.78, 5) is 0. The van der Waals surface area contributed by atoms with E-state index in [1.807, 2.05) is 6.92 Å². The van der Waals surface area contributed by atoms with Crippen LogP contribution in [0, 0.1) is 35.5 Å². The number of aliphatic hydroxyl groups excluding tert-OH is 1. The molecule has 2 heteroatoms. The first-order valence-electron chi connectivity index (χ1n) is 6.92. The van der Waals surface area contributed by atoms with E-state index in [9.17, 15) is 5.11 Å². The van der Waals surface area contributed by atoms with Gasteiger partial charge in [0.2, 0.25) is 0 Å². The van der Waals surface area contributed by atoms with E-state index in [4.69, 9.17) is 5.73 Å². The molecule has 0 aliphatic heterocycles. The van der Waals surface area contributed by atoms with Crippen molar-refractivity contribution < 1.29 is 5.11 Å². The second kappa shape index (κ2) is 4.30. The monoisotopic (exact) mass is 225 g/mol. The fraction of sp³-hybridized carbons (Fsp3) is 1.00. The van der Waals surface area contributed by atoms with E-state index >= 15 is 0 Å². The highest BCUT2D eigenvalue weighted by molar-refractivity contribution is 5.06. The molecule has 0 saturated heterocycles. The predicted molar refractivity (Wildman–Crippen MR) is 66.9 cm³/mol. The lowest BCUT2D eigenvalue weighted by Gasteiger charge is -2.49. The average molecular weight is 225 g/mol. The van der Waals surface area contributed by atoms with Crippen molar-refractivity contribution in [3.8, 4) is 0 Å². The van der Waals surface area contributed by atoms with Crippen molar-refractivity contribution in [1.82, 2.24) is 0 Å². The lowest BCUT2D eigenvalue weighted by molar-refractivity contribution is -0.0443. The Kier molecular flexibility index (Phi) is 3.33. The molecule has 2 aliphatic rings. The molecule has 0 aromatic rings. The zero-order valence-corrected chi connectivity index (χ0v) is 11.1. The Bertz CT molecular complexity index is 245. The molecule has 7 unspecified atom stereocenters. The summed E-state index contributed by atoms with van der Waals surface area (Å²) >= 11 is 0. The van der Waals surface area contributed by atoms with Gasteiger partial charge in [0, 0.05) is 6.04 Å². The third kappa shape index (κ3) is 1.80. The van der Waals surface area contributed by atoms with Crippen LogP contribution in [0.25, 0.3) is 0 Å². The quantitative estimate of drug-likeness (QED) is 0.771. The standard InChI is InChI=1S/C14H27NO/c1-5-10-6-11(9(4)16)13(10)14(15)12-7(2)8(12)3/h7-14,16H,5-6,15H2,1-4H3. The fourth-order valence-electron chi connectivity index (χ4n) is 4.03. The molecule has 2 aliphatic carbocycles. The Balaban J connectivity index is 2.00. The Morgan fingerprint density at radius 3 is 2.19 bits per heavy atom. The van der Waals surface area contributed by atoms with E-state index < -0.39 is 0 Å². The van der Waals surface area contributed by atoms with Crippen molar-refractivity contribution in [3.05, 3.63) is 0 Å². The second-order valence-corrected chi connectivity index (χ2v) is 6.26. The molecule has 0 radical (unpaired) electrons. The van der Waals surface area contributed by atoms with Crippen molar-refractivity contribution in [2.75, 3.05) is 0 Å². The summed E-state index contributed by atoms with van der Waals surface area (Å²) in [6, 6.07) is 0.322. The molecule has 94 valence electrons. The zero-order chi connectivity index (χ0) is 12.0. The van der Waals surface area contributed by atoms with Crippen LogP contribution < -0.4 is 5.73 Å². The van der Waals surface area contributed by atoms with Gasteiger partial charge in [-0.3, -0.25) is 0 Å². The molecule has 0 aromatic carbocycles. The van der Waals surface area contributed by atoms with Gasteiger partial charge in [-0.2, -0.15) is 0 Å². The molecule has 2 rings (SSSR count). The summed E-state index contributed by atoms with van der Waals surface area (Å²) < 4.78 is 0. The number of hydrogen-bond donors (Lipinski definition) is 2. The summed E-state index contributed by atoms with van der Waals surface area (Å²) in [7, 11) is 0. The first kappa shape index (κ1) is 12.4. The van der Waals surface area contributed by atoms with Crippen molar-refractivity contribution in [2.45, 2.75) is 52.7 Å². The van der Waals surface area contributed by atoms with Crippen LogP contribution in [0.5, 0.6) is 0 Å². The van der Waals surface area contributed by atoms with Crippen molar-refractivity contribution in [3.63, 3.8) is 0 Å². The van der Waals surface area contributed by atoms with Gasteiger partial charge < -0.3 is 10.8 Å².